The van der Waals surface area contributed by atoms with Crippen LogP contribution in [0.25, 0.3) is 54.9 Å². The smallest absolute Gasteiger partial charge is 0.160 e. The Bertz CT molecular complexity index is 2430. The standard InChI is InChI=1S/C39H26N4O/c40-23-24-8-7-9-27(20-24)25-16-18-26(19-17-25)38-30-12-1-4-13-33(30)41-39(42-38)43-34-14-5-2-10-28(34)31-22-37-32(21-35(31)43)29-11-3-6-15-36(29)44-37/h1-22,38-39,41-42H. The molecule has 0 bridgehead atoms. The Kier molecular flexibility index (Phi) is 5.40. The van der Waals surface area contributed by atoms with Crippen molar-refractivity contribution >= 4 is 49.4 Å². The van der Waals surface area contributed by atoms with Crippen molar-refractivity contribution < 1.29 is 4.42 Å². The van der Waals surface area contributed by atoms with Gasteiger partial charge in [-0.2, -0.15) is 5.26 Å². The molecule has 0 amide bonds. The normalized spacial score (nSPS) is 16.2. The fourth-order valence-electron chi connectivity index (χ4n) is 6.86. The van der Waals surface area contributed by atoms with E-state index in [4.69, 9.17) is 4.42 Å². The van der Waals surface area contributed by atoms with Gasteiger partial charge in [0.1, 0.15) is 11.2 Å². The van der Waals surface area contributed by atoms with Crippen LogP contribution in [-0.4, -0.2) is 4.57 Å². The van der Waals surface area contributed by atoms with Gasteiger partial charge in [0.15, 0.2) is 6.29 Å². The molecule has 2 aromatic heterocycles. The molecule has 208 valence electrons. The van der Waals surface area contributed by atoms with Gasteiger partial charge in [-0.15, -0.1) is 0 Å². The predicted molar refractivity (Wildman–Crippen MR) is 177 cm³/mol. The maximum atomic E-state index is 9.37. The number of nitriles is 1. The first kappa shape index (κ1) is 24.7. The van der Waals surface area contributed by atoms with E-state index in [2.05, 4.69) is 118 Å². The lowest BCUT2D eigenvalue weighted by molar-refractivity contribution is 0.417. The number of hydrogen-bond donors (Lipinski definition) is 2. The number of rotatable bonds is 3. The van der Waals surface area contributed by atoms with Crippen LogP contribution in [-0.2, 0) is 0 Å². The number of nitrogens with zero attached hydrogens (tertiary/aromatic N) is 2. The largest absolute Gasteiger partial charge is 0.456 e. The predicted octanol–water partition coefficient (Wildman–Crippen LogP) is 9.49. The Labute approximate surface area is 253 Å². The summed E-state index contributed by atoms with van der Waals surface area (Å²) >= 11 is 0. The Balaban J connectivity index is 1.19. The molecule has 1 aliphatic rings. The first-order chi connectivity index (χ1) is 21.7. The number of aromatic nitrogens is 1. The number of furan rings is 1. The second-order valence-corrected chi connectivity index (χ2v) is 11.4. The molecule has 5 heteroatoms. The van der Waals surface area contributed by atoms with Gasteiger partial charge in [0.05, 0.1) is 28.7 Å². The molecule has 3 heterocycles. The molecule has 2 atom stereocenters. The lowest BCUT2D eigenvalue weighted by Crippen LogP contribution is -2.40. The number of fused-ring (bicyclic) bond motifs is 7. The molecular weight excluding hydrogens is 540 g/mol. The molecule has 6 aromatic carbocycles. The average Bonchev–Trinajstić information content (AvgIpc) is 3.61. The Morgan fingerprint density at radius 3 is 2.30 bits per heavy atom. The summed E-state index contributed by atoms with van der Waals surface area (Å²) in [6, 6.07) is 48.5. The van der Waals surface area contributed by atoms with Crippen LogP contribution in [0.2, 0.25) is 0 Å². The van der Waals surface area contributed by atoms with Crippen LogP contribution < -0.4 is 10.6 Å². The van der Waals surface area contributed by atoms with Crippen LogP contribution in [0.5, 0.6) is 0 Å². The molecule has 1 aliphatic heterocycles. The van der Waals surface area contributed by atoms with E-state index in [1.807, 2.05) is 36.4 Å². The molecule has 0 aliphatic carbocycles. The van der Waals surface area contributed by atoms with E-state index < -0.39 is 0 Å². The maximum absolute atomic E-state index is 9.37. The fraction of sp³-hybridized carbons (Fsp3) is 0.0513. The molecule has 9 rings (SSSR count). The summed E-state index contributed by atoms with van der Waals surface area (Å²) < 4.78 is 8.67. The first-order valence-electron chi connectivity index (χ1n) is 14.8. The Hall–Kier alpha value is -5.83. The molecule has 5 nitrogen and oxygen atoms in total. The molecule has 44 heavy (non-hydrogen) atoms. The van der Waals surface area contributed by atoms with Gasteiger partial charge in [-0.05, 0) is 64.7 Å². The zero-order valence-electron chi connectivity index (χ0n) is 23.7. The van der Waals surface area contributed by atoms with Crippen LogP contribution in [0, 0.1) is 11.3 Å². The van der Waals surface area contributed by atoms with Crippen LogP contribution >= 0.6 is 0 Å². The quantitative estimate of drug-likeness (QED) is 0.224. The van der Waals surface area contributed by atoms with Crippen molar-refractivity contribution in [2.45, 2.75) is 12.3 Å². The summed E-state index contributed by atoms with van der Waals surface area (Å²) in [5, 5.41) is 21.7. The molecule has 2 unspecified atom stereocenters. The highest BCUT2D eigenvalue weighted by Gasteiger charge is 2.30. The second kappa shape index (κ2) is 9.60. The third-order valence-electron chi connectivity index (χ3n) is 8.92. The van der Waals surface area contributed by atoms with Crippen molar-refractivity contribution in [2.24, 2.45) is 0 Å². The van der Waals surface area contributed by atoms with Crippen molar-refractivity contribution in [2.75, 3.05) is 5.32 Å². The van der Waals surface area contributed by atoms with Crippen molar-refractivity contribution in [3.63, 3.8) is 0 Å². The van der Waals surface area contributed by atoms with Crippen LogP contribution in [0.4, 0.5) is 5.69 Å². The molecule has 0 spiro atoms. The molecule has 8 aromatic rings. The average molecular weight is 567 g/mol. The molecule has 0 saturated carbocycles. The van der Waals surface area contributed by atoms with Gasteiger partial charge in [-0.25, -0.2) is 0 Å². The van der Waals surface area contributed by atoms with E-state index in [0.717, 1.165) is 55.2 Å². The molecule has 0 saturated heterocycles. The minimum Gasteiger partial charge on any atom is -0.456 e. The van der Waals surface area contributed by atoms with E-state index in [-0.39, 0.29) is 12.3 Å². The lowest BCUT2D eigenvalue weighted by atomic mass is 9.93. The van der Waals surface area contributed by atoms with Gasteiger partial charge in [0, 0.05) is 27.2 Å². The van der Waals surface area contributed by atoms with Gasteiger partial charge in [-0.3, -0.25) is 5.32 Å². The van der Waals surface area contributed by atoms with E-state index in [9.17, 15) is 5.26 Å². The van der Waals surface area contributed by atoms with Gasteiger partial charge in [0.2, 0.25) is 0 Å². The summed E-state index contributed by atoms with van der Waals surface area (Å²) in [6.07, 6.45) is -0.208. The number of benzene rings is 6. The minimum atomic E-state index is -0.208. The summed E-state index contributed by atoms with van der Waals surface area (Å²) in [5.41, 5.74) is 10.4. The van der Waals surface area contributed by atoms with Crippen molar-refractivity contribution in [3.8, 4) is 17.2 Å². The summed E-state index contributed by atoms with van der Waals surface area (Å²) in [5.74, 6) is 0. The molecule has 0 radical (unpaired) electrons. The highest BCUT2D eigenvalue weighted by Crippen LogP contribution is 2.41. The number of para-hydroxylation sites is 3. The minimum absolute atomic E-state index is 0.0355. The summed E-state index contributed by atoms with van der Waals surface area (Å²) in [6.45, 7) is 0. The SMILES string of the molecule is N#Cc1cccc(-c2ccc(C3NC(n4c5ccccc5c5cc6oc7ccccc7c6cc54)Nc4ccccc43)cc2)c1. The summed E-state index contributed by atoms with van der Waals surface area (Å²) in [7, 11) is 0. The summed E-state index contributed by atoms with van der Waals surface area (Å²) in [4.78, 5) is 0. The highest BCUT2D eigenvalue weighted by atomic mass is 16.3. The first-order valence-corrected chi connectivity index (χ1v) is 14.8. The van der Waals surface area contributed by atoms with E-state index in [0.29, 0.717) is 5.56 Å². The Morgan fingerprint density at radius 1 is 0.614 bits per heavy atom. The zero-order valence-corrected chi connectivity index (χ0v) is 23.7. The van der Waals surface area contributed by atoms with Gasteiger partial charge in [0.25, 0.3) is 0 Å². The zero-order chi connectivity index (χ0) is 29.2. The number of anilines is 1. The van der Waals surface area contributed by atoms with E-state index >= 15 is 0 Å². The van der Waals surface area contributed by atoms with Crippen LogP contribution in [0.3, 0.4) is 0 Å². The monoisotopic (exact) mass is 566 g/mol. The third-order valence-corrected chi connectivity index (χ3v) is 8.92. The number of hydrogen-bond acceptors (Lipinski definition) is 4. The molecule has 0 fully saturated rings. The van der Waals surface area contributed by atoms with Crippen LogP contribution in [0.1, 0.15) is 29.0 Å². The van der Waals surface area contributed by atoms with E-state index in [1.54, 1.807) is 0 Å². The van der Waals surface area contributed by atoms with Gasteiger partial charge >= 0.3 is 0 Å². The third kappa shape index (κ3) is 3.75. The van der Waals surface area contributed by atoms with E-state index in [1.165, 1.54) is 16.5 Å². The molecular formula is C39H26N4O. The van der Waals surface area contributed by atoms with Crippen molar-refractivity contribution in [1.29, 1.82) is 5.26 Å². The van der Waals surface area contributed by atoms with Crippen molar-refractivity contribution in [3.05, 3.63) is 150 Å². The van der Waals surface area contributed by atoms with Gasteiger partial charge in [-0.1, -0.05) is 91.0 Å². The van der Waals surface area contributed by atoms with Crippen LogP contribution in [0.15, 0.2) is 138 Å². The van der Waals surface area contributed by atoms with Crippen molar-refractivity contribution in [1.82, 2.24) is 9.88 Å². The number of nitrogens with one attached hydrogen (secondary N) is 2. The highest BCUT2D eigenvalue weighted by molar-refractivity contribution is 6.16. The fourth-order valence-corrected chi connectivity index (χ4v) is 6.86. The lowest BCUT2D eigenvalue weighted by Gasteiger charge is -2.36. The topological polar surface area (TPSA) is 65.9 Å². The second-order valence-electron chi connectivity index (χ2n) is 11.4. The molecule has 2 N–H and O–H groups in total. The van der Waals surface area contributed by atoms with Gasteiger partial charge < -0.3 is 14.3 Å². The Morgan fingerprint density at radius 2 is 1.41 bits per heavy atom. The maximum Gasteiger partial charge on any atom is 0.160 e.